The van der Waals surface area contributed by atoms with Crippen molar-refractivity contribution >= 4 is 55.9 Å². The zero-order valence-corrected chi connectivity index (χ0v) is 19.6. The van der Waals surface area contributed by atoms with Crippen LogP contribution >= 0.6 is 22.9 Å². The highest BCUT2D eigenvalue weighted by Gasteiger charge is 2.33. The summed E-state index contributed by atoms with van der Waals surface area (Å²) in [5, 5.41) is 17.3. The Balaban J connectivity index is 1.47. The molecule has 3 N–H and O–H groups in total. The number of thiazole rings is 1. The predicted molar refractivity (Wildman–Crippen MR) is 128 cm³/mol. The molecule has 1 fully saturated rings. The number of likely N-dealkylation sites (N-methyl/N-ethyl adjacent to an activating group) is 1. The number of nitrogens with zero attached hydrogens (tertiary/aromatic N) is 3. The Morgan fingerprint density at radius 2 is 2.12 bits per heavy atom. The molecular formula is C22H26ClN5O3S. The number of carboxylic acids is 1. The zero-order valence-electron chi connectivity index (χ0n) is 18.0. The van der Waals surface area contributed by atoms with Crippen molar-refractivity contribution < 1.29 is 14.7 Å². The number of benzene rings is 1. The maximum absolute atomic E-state index is 12.8. The van der Waals surface area contributed by atoms with Gasteiger partial charge in [-0.05, 0) is 37.1 Å². The Bertz CT molecular complexity index is 1110. The summed E-state index contributed by atoms with van der Waals surface area (Å²) in [6, 6.07) is 5.14. The Hall–Kier alpha value is -2.49. The van der Waals surface area contributed by atoms with Gasteiger partial charge in [0.25, 0.3) is 5.91 Å². The van der Waals surface area contributed by atoms with Gasteiger partial charge in [-0.15, -0.1) is 0 Å². The molecule has 2 atom stereocenters. The van der Waals surface area contributed by atoms with Gasteiger partial charge in [-0.2, -0.15) is 0 Å². The average Bonchev–Trinajstić information content (AvgIpc) is 3.38. The van der Waals surface area contributed by atoms with Gasteiger partial charge >= 0.3 is 5.97 Å². The molecule has 2 aliphatic rings. The highest BCUT2D eigenvalue weighted by molar-refractivity contribution is 7.22. The van der Waals surface area contributed by atoms with E-state index in [0.717, 1.165) is 30.1 Å². The second-order valence-corrected chi connectivity index (χ2v) is 9.25. The van der Waals surface area contributed by atoms with E-state index in [0.29, 0.717) is 40.6 Å². The molecule has 10 heteroatoms. The number of anilines is 1. The number of aliphatic imine (C=N–C) groups is 1. The summed E-state index contributed by atoms with van der Waals surface area (Å²) in [4.78, 5) is 35.4. The molecule has 4 rings (SSSR count). The lowest BCUT2D eigenvalue weighted by atomic mass is 9.98. The molecule has 1 saturated heterocycles. The first-order chi connectivity index (χ1) is 15.4. The number of halogens is 1. The van der Waals surface area contributed by atoms with E-state index < -0.39 is 5.97 Å². The standard InChI is InChI=1S/C22H26ClN5O3S/c1-3-12-10-16(25-19(12)23)20(29)26-14-8-9-28(11-17(14)24-4-2)22-27-15-7-5-6-13(21(30)31)18(15)32-22/h5-7,14,17,24H,3-4,8-11H2,1-2H3,(H,26,29)(H,30,31)/t14-,17+/m1/s1. The van der Waals surface area contributed by atoms with Crippen molar-refractivity contribution in [2.75, 3.05) is 24.5 Å². The summed E-state index contributed by atoms with van der Waals surface area (Å²) < 4.78 is 0.681. The van der Waals surface area contributed by atoms with Crippen LogP contribution in [0.2, 0.25) is 0 Å². The minimum atomic E-state index is -0.951. The second kappa shape index (κ2) is 9.56. The molecule has 0 spiro atoms. The number of carbonyl (C=O) groups is 2. The van der Waals surface area contributed by atoms with Crippen LogP contribution < -0.4 is 15.5 Å². The number of hydrogen-bond acceptors (Lipinski definition) is 7. The van der Waals surface area contributed by atoms with Crippen LogP contribution in [-0.4, -0.2) is 59.4 Å². The van der Waals surface area contributed by atoms with Crippen LogP contribution in [0.3, 0.4) is 0 Å². The number of rotatable bonds is 7. The van der Waals surface area contributed by atoms with Gasteiger partial charge in [0.1, 0.15) is 10.9 Å². The summed E-state index contributed by atoms with van der Waals surface area (Å²) in [6.07, 6.45) is 2.02. The van der Waals surface area contributed by atoms with Crippen molar-refractivity contribution in [3.05, 3.63) is 34.5 Å². The third kappa shape index (κ3) is 4.51. The number of aromatic nitrogens is 1. The van der Waals surface area contributed by atoms with Crippen molar-refractivity contribution in [2.45, 2.75) is 45.2 Å². The molecule has 2 aliphatic heterocycles. The minimum Gasteiger partial charge on any atom is -0.478 e. The van der Waals surface area contributed by atoms with Crippen LogP contribution in [0.4, 0.5) is 5.13 Å². The van der Waals surface area contributed by atoms with Crippen molar-refractivity contribution in [1.82, 2.24) is 15.6 Å². The van der Waals surface area contributed by atoms with Crippen molar-refractivity contribution in [1.29, 1.82) is 0 Å². The highest BCUT2D eigenvalue weighted by atomic mass is 35.5. The van der Waals surface area contributed by atoms with E-state index in [2.05, 4.69) is 25.5 Å². The molecule has 1 amide bonds. The number of amides is 1. The van der Waals surface area contributed by atoms with Gasteiger partial charge in [-0.3, -0.25) is 4.79 Å². The van der Waals surface area contributed by atoms with Gasteiger partial charge in [0.15, 0.2) is 5.13 Å². The van der Waals surface area contributed by atoms with E-state index >= 15 is 0 Å². The average molecular weight is 476 g/mol. The molecule has 0 saturated carbocycles. The van der Waals surface area contributed by atoms with Crippen molar-refractivity contribution in [3.63, 3.8) is 0 Å². The molecule has 32 heavy (non-hydrogen) atoms. The number of allylic oxidation sites excluding steroid dienone is 1. The molecule has 3 heterocycles. The lowest BCUT2D eigenvalue weighted by Gasteiger charge is -2.39. The molecule has 0 bridgehead atoms. The van der Waals surface area contributed by atoms with Gasteiger partial charge in [0.05, 0.1) is 15.8 Å². The lowest BCUT2D eigenvalue weighted by Crippen LogP contribution is -2.60. The number of aromatic carboxylic acids is 1. The summed E-state index contributed by atoms with van der Waals surface area (Å²) >= 11 is 7.54. The van der Waals surface area contributed by atoms with Gasteiger partial charge < -0.3 is 20.6 Å². The van der Waals surface area contributed by atoms with Crippen LogP contribution in [0.1, 0.15) is 43.5 Å². The molecule has 2 aromatic rings. The fraction of sp³-hybridized carbons (Fsp3) is 0.455. The number of nitrogens with one attached hydrogen (secondary N) is 2. The second-order valence-electron chi connectivity index (χ2n) is 7.92. The zero-order chi connectivity index (χ0) is 22.8. The van der Waals surface area contributed by atoms with Crippen LogP contribution in [0.25, 0.3) is 10.2 Å². The highest BCUT2D eigenvalue weighted by Crippen LogP contribution is 2.33. The Kier molecular flexibility index (Phi) is 6.78. The van der Waals surface area contributed by atoms with E-state index in [4.69, 9.17) is 11.6 Å². The van der Waals surface area contributed by atoms with Crippen LogP contribution in [0, 0.1) is 0 Å². The summed E-state index contributed by atoms with van der Waals surface area (Å²) in [5.74, 6) is -1.12. The molecule has 170 valence electrons. The Morgan fingerprint density at radius 3 is 2.81 bits per heavy atom. The number of fused-ring (bicyclic) bond motifs is 1. The topological polar surface area (TPSA) is 107 Å². The fourth-order valence-corrected chi connectivity index (χ4v) is 5.58. The van der Waals surface area contributed by atoms with Gasteiger partial charge in [0.2, 0.25) is 0 Å². The van der Waals surface area contributed by atoms with E-state index in [9.17, 15) is 14.7 Å². The van der Waals surface area contributed by atoms with Gasteiger partial charge in [0, 0.05) is 31.6 Å². The molecular weight excluding hydrogens is 450 g/mol. The molecule has 1 aromatic carbocycles. The summed E-state index contributed by atoms with van der Waals surface area (Å²) in [6.45, 7) is 6.18. The van der Waals surface area contributed by atoms with Gasteiger partial charge in [-0.1, -0.05) is 42.9 Å². The number of carboxylic acid groups (broad SMARTS) is 1. The van der Waals surface area contributed by atoms with E-state index in [1.807, 2.05) is 19.9 Å². The Labute approximate surface area is 195 Å². The fourth-order valence-electron chi connectivity index (χ4n) is 4.17. The quantitative estimate of drug-likeness (QED) is 0.530. The largest absolute Gasteiger partial charge is 0.478 e. The van der Waals surface area contributed by atoms with E-state index in [1.165, 1.54) is 11.3 Å². The van der Waals surface area contributed by atoms with E-state index in [1.54, 1.807) is 12.1 Å². The molecule has 0 radical (unpaired) electrons. The molecule has 0 unspecified atom stereocenters. The molecule has 1 aromatic heterocycles. The number of hydrogen-bond donors (Lipinski definition) is 3. The lowest BCUT2D eigenvalue weighted by molar-refractivity contribution is -0.115. The summed E-state index contributed by atoms with van der Waals surface area (Å²) in [5.41, 5.74) is 2.42. The van der Waals surface area contributed by atoms with Crippen molar-refractivity contribution in [3.8, 4) is 0 Å². The maximum Gasteiger partial charge on any atom is 0.337 e. The first-order valence-electron chi connectivity index (χ1n) is 10.8. The first kappa shape index (κ1) is 22.7. The third-order valence-corrected chi connectivity index (χ3v) is 7.41. The van der Waals surface area contributed by atoms with Gasteiger partial charge in [-0.25, -0.2) is 14.8 Å². The number of piperidine rings is 1. The van der Waals surface area contributed by atoms with Crippen LogP contribution in [0.15, 0.2) is 33.9 Å². The Morgan fingerprint density at radius 1 is 1.31 bits per heavy atom. The number of carbonyl (C=O) groups excluding carboxylic acids is 1. The SMILES string of the molecule is CCN[C@H]1CN(c2nc3cccc(C(=O)O)c3s2)CC[C@H]1NC(=O)C1=NC(Cl)=C(CC)C1. The minimum absolute atomic E-state index is 0.0275. The molecule has 8 nitrogen and oxygen atoms in total. The first-order valence-corrected chi connectivity index (χ1v) is 12.0. The smallest absolute Gasteiger partial charge is 0.337 e. The van der Waals surface area contributed by atoms with Crippen molar-refractivity contribution in [2.24, 2.45) is 4.99 Å². The van der Waals surface area contributed by atoms with Crippen LogP contribution in [0.5, 0.6) is 0 Å². The molecule has 0 aliphatic carbocycles. The maximum atomic E-state index is 12.8. The third-order valence-electron chi connectivity index (χ3n) is 5.89. The monoisotopic (exact) mass is 475 g/mol. The predicted octanol–water partition coefficient (Wildman–Crippen LogP) is 3.37. The summed E-state index contributed by atoms with van der Waals surface area (Å²) in [7, 11) is 0. The normalized spacial score (nSPS) is 21.2. The van der Waals surface area contributed by atoms with Crippen LogP contribution in [-0.2, 0) is 4.79 Å². The van der Waals surface area contributed by atoms with E-state index in [-0.39, 0.29) is 23.6 Å².